The molecule has 0 bridgehead atoms. The first-order valence-corrected chi connectivity index (χ1v) is 10.2. The monoisotopic (exact) mass is 437 g/mol. The molecule has 0 aliphatic rings. The van der Waals surface area contributed by atoms with E-state index < -0.39 is 28.5 Å². The molecule has 154 valence electrons. The van der Waals surface area contributed by atoms with E-state index in [0.29, 0.717) is 16.9 Å². The van der Waals surface area contributed by atoms with Gasteiger partial charge in [-0.1, -0.05) is 29.1 Å². The van der Waals surface area contributed by atoms with Gasteiger partial charge in [0.25, 0.3) is 0 Å². The number of hydrogen-bond donors (Lipinski definition) is 4. The molecule has 4 aromatic carbocycles. The second kappa shape index (κ2) is 6.73. The van der Waals surface area contributed by atoms with Crippen LogP contribution in [0.4, 0.5) is 0 Å². The molecule has 0 saturated carbocycles. The van der Waals surface area contributed by atoms with E-state index in [1.54, 1.807) is 18.2 Å². The number of nitrogens with zero attached hydrogens (tertiary/aromatic N) is 1. The first kappa shape index (κ1) is 20.5. The molecular formula is C24H11B4NO5. The molecule has 10 heteroatoms. The Hall–Kier alpha value is -4.06. The third-order valence-electron chi connectivity index (χ3n) is 6.31. The van der Waals surface area contributed by atoms with Crippen molar-refractivity contribution in [2.24, 2.45) is 0 Å². The van der Waals surface area contributed by atoms with Crippen LogP contribution >= 0.6 is 0 Å². The molecule has 6 rings (SSSR count). The lowest BCUT2D eigenvalue weighted by atomic mass is 9.70. The van der Waals surface area contributed by atoms with Crippen LogP contribution in [0.1, 0.15) is 0 Å². The Labute approximate surface area is 197 Å². The Kier molecular flexibility index (Phi) is 4.07. The predicted octanol–water partition coefficient (Wildman–Crippen LogP) is 0.681. The molecule has 4 N–H and O–H groups in total. The maximum absolute atomic E-state index is 11.0. The van der Waals surface area contributed by atoms with E-state index in [2.05, 4.69) is 0 Å². The van der Waals surface area contributed by atoms with Gasteiger partial charge >= 0.3 is 0 Å². The van der Waals surface area contributed by atoms with Crippen LogP contribution < -0.4 is 21.9 Å². The molecule has 0 fully saturated rings. The standard InChI is InChI=1S/C24H11B4NO5/c25-15-13-14-20(24(33)23(32)18(28)21(14)30)29(19(13)22(31)17(27)16(15)26)8-5-6-12-10(7-8)9-3-1-2-4-11(9)34-12/h1-7,30-33H. The van der Waals surface area contributed by atoms with E-state index in [4.69, 9.17) is 35.8 Å². The van der Waals surface area contributed by atoms with Crippen molar-refractivity contribution in [1.82, 2.24) is 4.57 Å². The Bertz CT molecular complexity index is 1780. The fraction of sp³-hybridized carbons (Fsp3) is 0. The van der Waals surface area contributed by atoms with Crippen molar-refractivity contribution < 1.29 is 24.8 Å². The second-order valence-corrected chi connectivity index (χ2v) is 8.11. The van der Waals surface area contributed by atoms with Crippen molar-refractivity contribution >= 4 is 97.0 Å². The predicted molar refractivity (Wildman–Crippen MR) is 136 cm³/mol. The van der Waals surface area contributed by atoms with E-state index in [0.717, 1.165) is 10.8 Å². The fourth-order valence-corrected chi connectivity index (χ4v) is 4.65. The summed E-state index contributed by atoms with van der Waals surface area (Å²) in [4.78, 5) is 0. The highest BCUT2D eigenvalue weighted by atomic mass is 16.3. The number of hydrogen-bond acceptors (Lipinski definition) is 5. The summed E-state index contributed by atoms with van der Waals surface area (Å²) >= 11 is 0. The molecule has 0 aliphatic heterocycles. The van der Waals surface area contributed by atoms with Gasteiger partial charge in [-0.05, 0) is 29.7 Å². The van der Waals surface area contributed by atoms with E-state index >= 15 is 0 Å². The third-order valence-corrected chi connectivity index (χ3v) is 6.31. The Morgan fingerprint density at radius 3 is 2.03 bits per heavy atom. The maximum atomic E-state index is 11.0. The summed E-state index contributed by atoms with van der Waals surface area (Å²) < 4.78 is 7.33. The number of rotatable bonds is 1. The number of phenolic OH excluding ortho intramolecular Hbond substituents is 4. The van der Waals surface area contributed by atoms with Gasteiger partial charge in [0.05, 0.1) is 10.9 Å². The van der Waals surface area contributed by atoms with Gasteiger partial charge in [-0.15, -0.1) is 5.46 Å². The van der Waals surface area contributed by atoms with Gasteiger partial charge in [0, 0.05) is 21.8 Å². The van der Waals surface area contributed by atoms with Crippen LogP contribution in [0.25, 0.3) is 49.4 Å². The summed E-state index contributed by atoms with van der Waals surface area (Å²) in [6, 6.07) is 12.7. The summed E-state index contributed by atoms with van der Waals surface area (Å²) in [6.45, 7) is 0. The molecule has 0 atom stereocenters. The van der Waals surface area contributed by atoms with Crippen LogP contribution in [0.3, 0.4) is 0 Å². The number of phenols is 4. The minimum atomic E-state index is -0.720. The molecule has 2 heterocycles. The minimum absolute atomic E-state index is 0.000511. The molecule has 0 unspecified atom stereocenters. The summed E-state index contributed by atoms with van der Waals surface area (Å²) in [5.74, 6) is -2.27. The van der Waals surface area contributed by atoms with Gasteiger partial charge in [0.2, 0.25) is 0 Å². The first-order chi connectivity index (χ1) is 16.2. The van der Waals surface area contributed by atoms with Gasteiger partial charge in [0.1, 0.15) is 59.6 Å². The zero-order chi connectivity index (χ0) is 24.0. The topological polar surface area (TPSA) is 99.0 Å². The lowest BCUT2D eigenvalue weighted by Gasteiger charge is -2.14. The SMILES string of the molecule is [B]c1c([B])c(O)c2c(c1[B])c1c(O)c([B])c(O)c(O)c1n2-c1ccc2oc3ccccc3c2c1. The van der Waals surface area contributed by atoms with E-state index in [1.165, 1.54) is 4.57 Å². The van der Waals surface area contributed by atoms with Crippen LogP contribution in [0, 0.1) is 0 Å². The lowest BCUT2D eigenvalue weighted by Crippen LogP contribution is -2.39. The van der Waals surface area contributed by atoms with E-state index in [-0.39, 0.29) is 38.2 Å². The molecule has 0 aliphatic carbocycles. The minimum Gasteiger partial charge on any atom is -0.508 e. The summed E-state index contributed by atoms with van der Waals surface area (Å²) in [5, 5.41) is 44.9. The van der Waals surface area contributed by atoms with Crippen LogP contribution in [-0.2, 0) is 0 Å². The molecule has 2 aromatic heterocycles. The second-order valence-electron chi connectivity index (χ2n) is 8.11. The lowest BCUT2D eigenvalue weighted by molar-refractivity contribution is 0.405. The number of furan rings is 1. The normalized spacial score (nSPS) is 11.9. The Morgan fingerprint density at radius 1 is 0.588 bits per heavy atom. The smallest absolute Gasteiger partial charge is 0.182 e. The summed E-state index contributed by atoms with van der Waals surface area (Å²) in [7, 11) is 24.1. The molecule has 0 spiro atoms. The van der Waals surface area contributed by atoms with Crippen molar-refractivity contribution in [2.45, 2.75) is 0 Å². The number of fused-ring (bicyclic) bond motifs is 6. The van der Waals surface area contributed by atoms with Gasteiger partial charge in [0.15, 0.2) is 11.5 Å². The van der Waals surface area contributed by atoms with Crippen LogP contribution in [0.2, 0.25) is 0 Å². The first-order valence-electron chi connectivity index (χ1n) is 10.2. The highest BCUT2D eigenvalue weighted by molar-refractivity contribution is 6.62. The van der Waals surface area contributed by atoms with Crippen molar-refractivity contribution in [1.29, 1.82) is 0 Å². The van der Waals surface area contributed by atoms with Gasteiger partial charge in [-0.3, -0.25) is 0 Å². The van der Waals surface area contributed by atoms with Crippen molar-refractivity contribution in [3.8, 4) is 28.7 Å². The Balaban J connectivity index is 1.89. The van der Waals surface area contributed by atoms with Gasteiger partial charge < -0.3 is 29.4 Å². The third kappa shape index (κ3) is 2.40. The molecule has 8 radical (unpaired) electrons. The van der Waals surface area contributed by atoms with Crippen molar-refractivity contribution in [3.63, 3.8) is 0 Å². The fourth-order valence-electron chi connectivity index (χ4n) is 4.65. The van der Waals surface area contributed by atoms with Crippen LogP contribution in [-0.4, -0.2) is 56.4 Å². The molecule has 0 saturated heterocycles. The zero-order valence-electron chi connectivity index (χ0n) is 17.5. The van der Waals surface area contributed by atoms with E-state index in [1.807, 2.05) is 24.3 Å². The largest absolute Gasteiger partial charge is 0.508 e. The quantitative estimate of drug-likeness (QED) is 0.173. The zero-order valence-corrected chi connectivity index (χ0v) is 17.5. The highest BCUT2D eigenvalue weighted by Gasteiger charge is 2.27. The molecule has 6 nitrogen and oxygen atoms in total. The number of aromatic nitrogens is 1. The van der Waals surface area contributed by atoms with Crippen LogP contribution in [0.5, 0.6) is 23.0 Å². The molecule has 34 heavy (non-hydrogen) atoms. The summed E-state index contributed by atoms with van der Waals surface area (Å²) in [6.07, 6.45) is 0. The van der Waals surface area contributed by atoms with E-state index in [9.17, 15) is 20.4 Å². The van der Waals surface area contributed by atoms with Crippen molar-refractivity contribution in [2.75, 3.05) is 0 Å². The van der Waals surface area contributed by atoms with Crippen LogP contribution in [0.15, 0.2) is 46.9 Å². The average Bonchev–Trinajstić information content (AvgIpc) is 3.39. The molecular weight excluding hydrogens is 426 g/mol. The van der Waals surface area contributed by atoms with Gasteiger partial charge in [-0.25, -0.2) is 0 Å². The highest BCUT2D eigenvalue weighted by Crippen LogP contribution is 2.45. The summed E-state index contributed by atoms with van der Waals surface area (Å²) in [5.41, 5.74) is 1.06. The van der Waals surface area contributed by atoms with Gasteiger partial charge in [-0.2, -0.15) is 0 Å². The number of benzene rings is 4. The molecule has 6 aromatic rings. The average molecular weight is 437 g/mol. The number of aromatic hydroxyl groups is 4. The van der Waals surface area contributed by atoms with Crippen molar-refractivity contribution in [3.05, 3.63) is 42.5 Å². The molecule has 0 amide bonds. The Morgan fingerprint density at radius 2 is 1.26 bits per heavy atom. The number of para-hydroxylation sites is 1. The maximum Gasteiger partial charge on any atom is 0.182 e.